The van der Waals surface area contributed by atoms with Gasteiger partial charge < -0.3 is 10.1 Å². The topological polar surface area (TPSA) is 72.5 Å². The molecule has 1 aliphatic carbocycles. The lowest BCUT2D eigenvalue weighted by atomic mass is 9.91. The van der Waals surface area contributed by atoms with Crippen LogP contribution in [0.1, 0.15) is 60.8 Å². The second-order valence-corrected chi connectivity index (χ2v) is 8.56. The van der Waals surface area contributed by atoms with Gasteiger partial charge in [-0.1, -0.05) is 44.6 Å². The van der Waals surface area contributed by atoms with E-state index in [0.29, 0.717) is 0 Å². The Hall–Kier alpha value is -2.17. The van der Waals surface area contributed by atoms with Crippen LogP contribution in [0.15, 0.2) is 35.5 Å². The highest BCUT2D eigenvalue weighted by Gasteiger charge is 2.21. The van der Waals surface area contributed by atoms with Crippen LogP contribution in [0.5, 0.6) is 0 Å². The Labute approximate surface area is 156 Å². The quantitative estimate of drug-likeness (QED) is 0.579. The largest absolute Gasteiger partial charge is 0.457 e. The number of allylic oxidation sites excluding steroid dienone is 4. The summed E-state index contributed by atoms with van der Waals surface area (Å²) in [6.07, 6.45) is 8.81. The van der Waals surface area contributed by atoms with Crippen LogP contribution in [-0.2, 0) is 19.1 Å². The molecule has 1 N–H and O–H groups in total. The predicted molar refractivity (Wildman–Crippen MR) is 102 cm³/mol. The normalized spacial score (nSPS) is 15.3. The van der Waals surface area contributed by atoms with Gasteiger partial charge in [-0.2, -0.15) is 0 Å². The first-order valence-corrected chi connectivity index (χ1v) is 8.96. The van der Waals surface area contributed by atoms with Crippen molar-refractivity contribution in [2.24, 2.45) is 5.41 Å². The highest BCUT2D eigenvalue weighted by Crippen LogP contribution is 2.22. The molecule has 0 fully saturated rings. The Morgan fingerprint density at radius 3 is 2.23 bits per heavy atom. The smallest absolute Gasteiger partial charge is 0.331 e. The minimum atomic E-state index is -0.503. The molecule has 0 aliphatic heterocycles. The number of esters is 1. The van der Waals surface area contributed by atoms with Gasteiger partial charge in [0, 0.05) is 17.9 Å². The third-order valence-electron chi connectivity index (χ3n) is 3.78. The molecular formula is C21H31NO4. The number of rotatable bonds is 6. The molecule has 0 unspecified atom stereocenters. The van der Waals surface area contributed by atoms with Gasteiger partial charge in [0.25, 0.3) is 0 Å². The van der Waals surface area contributed by atoms with Gasteiger partial charge in [-0.15, -0.1) is 0 Å². The second-order valence-electron chi connectivity index (χ2n) is 8.56. The molecule has 0 radical (unpaired) electrons. The Kier molecular flexibility index (Phi) is 7.54. The molecule has 1 aliphatic rings. The van der Waals surface area contributed by atoms with Crippen molar-refractivity contribution in [1.29, 1.82) is 0 Å². The first kappa shape index (κ1) is 21.9. The molecular weight excluding hydrogens is 330 g/mol. The van der Waals surface area contributed by atoms with Crippen LogP contribution in [0.25, 0.3) is 0 Å². The third kappa shape index (κ3) is 8.79. The fourth-order valence-electron chi connectivity index (χ4n) is 2.21. The predicted octanol–water partition coefficient (Wildman–Crippen LogP) is 3.65. The van der Waals surface area contributed by atoms with Crippen LogP contribution in [0, 0.1) is 5.41 Å². The van der Waals surface area contributed by atoms with Crippen molar-refractivity contribution in [2.45, 2.75) is 66.4 Å². The molecule has 26 heavy (non-hydrogen) atoms. The van der Waals surface area contributed by atoms with Gasteiger partial charge in [-0.05, 0) is 39.2 Å². The van der Waals surface area contributed by atoms with Crippen molar-refractivity contribution in [3.05, 3.63) is 35.5 Å². The van der Waals surface area contributed by atoms with Gasteiger partial charge in [-0.3, -0.25) is 9.59 Å². The number of Topliss-reactive ketones (excluding diaryl/α,β-unsaturated/α-hetero) is 1. The molecule has 0 aromatic heterocycles. The van der Waals surface area contributed by atoms with Crippen LogP contribution in [0.4, 0.5) is 0 Å². The van der Waals surface area contributed by atoms with Crippen molar-refractivity contribution in [3.63, 3.8) is 0 Å². The molecule has 0 saturated carbocycles. The van der Waals surface area contributed by atoms with E-state index >= 15 is 0 Å². The van der Waals surface area contributed by atoms with E-state index in [9.17, 15) is 14.4 Å². The molecule has 1 amide bonds. The molecule has 0 atom stereocenters. The summed E-state index contributed by atoms with van der Waals surface area (Å²) in [6.45, 7) is 11.1. The molecule has 0 aromatic carbocycles. The van der Waals surface area contributed by atoms with Crippen molar-refractivity contribution in [1.82, 2.24) is 5.32 Å². The van der Waals surface area contributed by atoms with Gasteiger partial charge in [0.05, 0.1) is 6.54 Å². The summed E-state index contributed by atoms with van der Waals surface area (Å²) in [5, 5.41) is 2.68. The standard InChI is InChI=1S/C21H31NO4/c1-20(2,3)17(23)14-22-18(24)13-16-9-7-15(8-10-16)11-12-19(25)26-21(4,5)6/h7,9,11-12H,8,10,13-14H2,1-6H3,(H,22,24)/b12-11+. The number of hydrogen-bond acceptors (Lipinski definition) is 4. The first-order chi connectivity index (χ1) is 11.9. The number of ketones is 1. The van der Waals surface area contributed by atoms with Crippen LogP contribution in [-0.4, -0.2) is 29.8 Å². The van der Waals surface area contributed by atoms with E-state index in [0.717, 1.165) is 24.0 Å². The van der Waals surface area contributed by atoms with Crippen molar-refractivity contribution < 1.29 is 19.1 Å². The summed E-state index contributed by atoms with van der Waals surface area (Å²) in [6, 6.07) is 0. The third-order valence-corrected chi connectivity index (χ3v) is 3.78. The zero-order valence-corrected chi connectivity index (χ0v) is 16.8. The van der Waals surface area contributed by atoms with E-state index in [1.165, 1.54) is 6.08 Å². The molecule has 1 rings (SSSR count). The maximum atomic E-state index is 12.0. The van der Waals surface area contributed by atoms with E-state index in [1.807, 2.05) is 53.7 Å². The van der Waals surface area contributed by atoms with Crippen molar-refractivity contribution in [2.75, 3.05) is 6.54 Å². The van der Waals surface area contributed by atoms with Gasteiger partial charge in [-0.25, -0.2) is 4.79 Å². The summed E-state index contributed by atoms with van der Waals surface area (Å²) in [7, 11) is 0. The van der Waals surface area contributed by atoms with Gasteiger partial charge in [0.15, 0.2) is 5.78 Å². The molecule has 5 heteroatoms. The zero-order valence-electron chi connectivity index (χ0n) is 16.8. The molecule has 0 saturated heterocycles. The molecule has 144 valence electrons. The Morgan fingerprint density at radius 1 is 1.08 bits per heavy atom. The van der Waals surface area contributed by atoms with Crippen LogP contribution in [0.3, 0.4) is 0 Å². The summed E-state index contributed by atoms with van der Waals surface area (Å²) in [4.78, 5) is 35.5. The first-order valence-electron chi connectivity index (χ1n) is 8.96. The van der Waals surface area contributed by atoms with Crippen molar-refractivity contribution >= 4 is 17.7 Å². The van der Waals surface area contributed by atoms with Crippen LogP contribution < -0.4 is 5.32 Å². The van der Waals surface area contributed by atoms with Crippen LogP contribution >= 0.6 is 0 Å². The number of amides is 1. The fraction of sp³-hybridized carbons (Fsp3) is 0.571. The lowest BCUT2D eigenvalue weighted by Crippen LogP contribution is -2.35. The summed E-state index contributed by atoms with van der Waals surface area (Å²) in [5.74, 6) is -0.496. The Balaban J connectivity index is 2.49. The van der Waals surface area contributed by atoms with Crippen LogP contribution in [0.2, 0.25) is 0 Å². The van der Waals surface area contributed by atoms with E-state index < -0.39 is 11.0 Å². The average molecular weight is 361 g/mol. The lowest BCUT2D eigenvalue weighted by Gasteiger charge is -2.18. The number of hydrogen-bond donors (Lipinski definition) is 1. The molecule has 0 bridgehead atoms. The zero-order chi connectivity index (χ0) is 20.0. The maximum absolute atomic E-state index is 12.0. The maximum Gasteiger partial charge on any atom is 0.331 e. The number of ether oxygens (including phenoxy) is 1. The number of carbonyl (C=O) groups is 3. The summed E-state index contributed by atoms with van der Waals surface area (Å²) in [5.41, 5.74) is 1.08. The second kappa shape index (κ2) is 8.97. The van der Waals surface area contributed by atoms with E-state index in [2.05, 4.69) is 5.32 Å². The van der Waals surface area contributed by atoms with Gasteiger partial charge in [0.1, 0.15) is 5.60 Å². The number of carbonyl (C=O) groups excluding carboxylic acids is 3. The molecule has 0 aromatic rings. The average Bonchev–Trinajstić information content (AvgIpc) is 2.49. The number of nitrogens with one attached hydrogen (secondary N) is 1. The van der Waals surface area contributed by atoms with Crippen molar-refractivity contribution in [3.8, 4) is 0 Å². The van der Waals surface area contributed by atoms with Gasteiger partial charge >= 0.3 is 5.97 Å². The molecule has 0 heterocycles. The fourth-order valence-corrected chi connectivity index (χ4v) is 2.21. The SMILES string of the molecule is CC(C)(C)OC(=O)/C=C/C1=CC=C(CC(=O)NCC(=O)C(C)(C)C)CC1. The van der Waals surface area contributed by atoms with E-state index in [1.54, 1.807) is 6.08 Å². The lowest BCUT2D eigenvalue weighted by molar-refractivity contribution is -0.148. The minimum absolute atomic E-state index is 0.0120. The molecule has 5 nitrogen and oxygen atoms in total. The molecule has 0 spiro atoms. The van der Waals surface area contributed by atoms with Gasteiger partial charge in [0.2, 0.25) is 5.91 Å². The van der Waals surface area contributed by atoms with E-state index in [4.69, 9.17) is 4.74 Å². The Bertz CT molecular complexity index is 640. The summed E-state index contributed by atoms with van der Waals surface area (Å²) < 4.78 is 5.22. The monoisotopic (exact) mass is 361 g/mol. The highest BCUT2D eigenvalue weighted by atomic mass is 16.6. The minimum Gasteiger partial charge on any atom is -0.457 e. The summed E-state index contributed by atoms with van der Waals surface area (Å²) >= 11 is 0. The Morgan fingerprint density at radius 2 is 1.73 bits per heavy atom. The van der Waals surface area contributed by atoms with E-state index in [-0.39, 0.29) is 30.6 Å². The highest BCUT2D eigenvalue weighted by molar-refractivity contribution is 5.89.